The number of nitrogens with one attached hydrogen (secondary N) is 1. The summed E-state index contributed by atoms with van der Waals surface area (Å²) in [5.74, 6) is -1.03. The second-order valence-corrected chi connectivity index (χ2v) is 6.03. The van der Waals surface area contributed by atoms with Crippen molar-refractivity contribution < 1.29 is 28.6 Å². The monoisotopic (exact) mass is 385 g/mol. The van der Waals surface area contributed by atoms with Crippen LogP contribution in [0.4, 0.5) is 5.69 Å². The minimum Gasteiger partial charge on any atom is -0.479 e. The third-order valence-corrected chi connectivity index (χ3v) is 3.66. The molecule has 2 aromatic rings. The van der Waals surface area contributed by atoms with Gasteiger partial charge in [-0.25, -0.2) is 9.59 Å². The predicted molar refractivity (Wildman–Crippen MR) is 103 cm³/mol. The molecular formula is C21H23NO6. The van der Waals surface area contributed by atoms with Gasteiger partial charge >= 0.3 is 11.9 Å². The van der Waals surface area contributed by atoms with Gasteiger partial charge in [-0.05, 0) is 62.7 Å². The fourth-order valence-electron chi connectivity index (χ4n) is 2.30. The first kappa shape index (κ1) is 21.0. The Bertz CT molecular complexity index is 831. The molecule has 0 unspecified atom stereocenters. The van der Waals surface area contributed by atoms with Crippen LogP contribution in [0.25, 0.3) is 0 Å². The van der Waals surface area contributed by atoms with Crippen LogP contribution in [0.2, 0.25) is 0 Å². The normalized spacial score (nSPS) is 11.2. The lowest BCUT2D eigenvalue weighted by Gasteiger charge is -2.14. The molecular weight excluding hydrogens is 362 g/mol. The van der Waals surface area contributed by atoms with Crippen LogP contribution in [0.5, 0.6) is 5.75 Å². The van der Waals surface area contributed by atoms with Crippen molar-refractivity contribution >= 4 is 23.5 Å². The number of aryl methyl sites for hydroxylation is 1. The zero-order valence-electron chi connectivity index (χ0n) is 16.1. The van der Waals surface area contributed by atoms with Crippen LogP contribution < -0.4 is 10.1 Å². The van der Waals surface area contributed by atoms with Crippen LogP contribution in [0.1, 0.15) is 29.8 Å². The number of esters is 2. The van der Waals surface area contributed by atoms with Gasteiger partial charge in [-0.15, -0.1) is 0 Å². The molecule has 0 aromatic heterocycles. The highest BCUT2D eigenvalue weighted by Gasteiger charge is 2.18. The Morgan fingerprint density at radius 1 is 1.04 bits per heavy atom. The van der Waals surface area contributed by atoms with E-state index in [1.807, 2.05) is 19.1 Å². The summed E-state index contributed by atoms with van der Waals surface area (Å²) in [5, 5.41) is 2.58. The topological polar surface area (TPSA) is 90.9 Å². The van der Waals surface area contributed by atoms with Crippen molar-refractivity contribution in [3.8, 4) is 5.75 Å². The van der Waals surface area contributed by atoms with E-state index < -0.39 is 30.6 Å². The summed E-state index contributed by atoms with van der Waals surface area (Å²) in [4.78, 5) is 35.5. The fraction of sp³-hybridized carbons (Fsp3) is 0.286. The largest absolute Gasteiger partial charge is 0.479 e. The molecule has 2 aromatic carbocycles. The molecule has 1 atom stereocenters. The number of hydrogen-bond donors (Lipinski definition) is 1. The van der Waals surface area contributed by atoms with E-state index in [-0.39, 0.29) is 6.61 Å². The van der Waals surface area contributed by atoms with Gasteiger partial charge < -0.3 is 19.5 Å². The van der Waals surface area contributed by atoms with Crippen molar-refractivity contribution in [1.29, 1.82) is 0 Å². The number of carbonyl (C=O) groups excluding carboxylic acids is 3. The molecule has 7 heteroatoms. The quantitative estimate of drug-likeness (QED) is 0.702. The number of hydrogen-bond acceptors (Lipinski definition) is 6. The molecule has 7 nitrogen and oxygen atoms in total. The van der Waals surface area contributed by atoms with E-state index in [0.717, 1.165) is 5.56 Å². The SMILES string of the molecule is CCOC(=O)c1ccc(NC(=O)COC(=O)[C@@H](C)Oc2cccc(C)c2)cc1. The molecule has 0 fully saturated rings. The Kier molecular flexibility index (Phi) is 7.56. The number of benzene rings is 2. The zero-order chi connectivity index (χ0) is 20.5. The van der Waals surface area contributed by atoms with Crippen LogP contribution in [-0.4, -0.2) is 37.2 Å². The zero-order valence-corrected chi connectivity index (χ0v) is 16.1. The van der Waals surface area contributed by atoms with Gasteiger partial charge in [-0.3, -0.25) is 4.79 Å². The van der Waals surface area contributed by atoms with Crippen LogP contribution >= 0.6 is 0 Å². The van der Waals surface area contributed by atoms with E-state index in [4.69, 9.17) is 14.2 Å². The number of carbonyl (C=O) groups is 3. The van der Waals surface area contributed by atoms with Gasteiger partial charge in [0.25, 0.3) is 5.91 Å². The summed E-state index contributed by atoms with van der Waals surface area (Å²) in [6.07, 6.45) is -0.849. The van der Waals surface area contributed by atoms with E-state index in [1.165, 1.54) is 12.1 Å². The van der Waals surface area contributed by atoms with Crippen LogP contribution in [0, 0.1) is 6.92 Å². The first-order valence-corrected chi connectivity index (χ1v) is 8.86. The van der Waals surface area contributed by atoms with E-state index in [1.54, 1.807) is 38.1 Å². The summed E-state index contributed by atoms with van der Waals surface area (Å²) in [6.45, 7) is 5.03. The van der Waals surface area contributed by atoms with Gasteiger partial charge in [-0.2, -0.15) is 0 Å². The summed E-state index contributed by atoms with van der Waals surface area (Å²) < 4.78 is 15.4. The third-order valence-electron chi connectivity index (χ3n) is 3.66. The summed E-state index contributed by atoms with van der Waals surface area (Å²) in [6, 6.07) is 13.5. The summed E-state index contributed by atoms with van der Waals surface area (Å²) >= 11 is 0. The second-order valence-electron chi connectivity index (χ2n) is 6.03. The highest BCUT2D eigenvalue weighted by Crippen LogP contribution is 2.15. The lowest BCUT2D eigenvalue weighted by atomic mass is 10.2. The molecule has 1 amide bonds. The molecule has 0 radical (unpaired) electrons. The van der Waals surface area contributed by atoms with Gasteiger partial charge in [0.05, 0.1) is 12.2 Å². The van der Waals surface area contributed by atoms with Gasteiger partial charge in [0.2, 0.25) is 0 Å². The minimum absolute atomic E-state index is 0.286. The molecule has 0 saturated heterocycles. The number of amides is 1. The van der Waals surface area contributed by atoms with E-state index >= 15 is 0 Å². The first-order chi connectivity index (χ1) is 13.4. The third kappa shape index (κ3) is 6.42. The van der Waals surface area contributed by atoms with Gasteiger partial charge in [-0.1, -0.05) is 12.1 Å². The lowest BCUT2D eigenvalue weighted by Crippen LogP contribution is -2.29. The lowest BCUT2D eigenvalue weighted by molar-refractivity contribution is -0.153. The van der Waals surface area contributed by atoms with Crippen LogP contribution in [0.15, 0.2) is 48.5 Å². The molecule has 0 spiro atoms. The molecule has 1 N–H and O–H groups in total. The molecule has 0 aliphatic heterocycles. The van der Waals surface area contributed by atoms with Gasteiger partial charge in [0.1, 0.15) is 5.75 Å². The van der Waals surface area contributed by atoms with E-state index in [9.17, 15) is 14.4 Å². The van der Waals surface area contributed by atoms with Crippen molar-refractivity contribution in [3.63, 3.8) is 0 Å². The Morgan fingerprint density at radius 2 is 1.75 bits per heavy atom. The fourth-order valence-corrected chi connectivity index (χ4v) is 2.30. The van der Waals surface area contributed by atoms with Gasteiger partial charge in [0, 0.05) is 5.69 Å². The Hall–Kier alpha value is -3.35. The first-order valence-electron chi connectivity index (χ1n) is 8.86. The van der Waals surface area contributed by atoms with E-state index in [0.29, 0.717) is 17.0 Å². The maximum atomic E-state index is 12.0. The van der Waals surface area contributed by atoms with Crippen LogP contribution in [-0.2, 0) is 19.1 Å². The molecule has 148 valence electrons. The minimum atomic E-state index is -0.849. The maximum absolute atomic E-state index is 12.0. The molecule has 0 aliphatic carbocycles. The smallest absolute Gasteiger partial charge is 0.347 e. The second kappa shape index (κ2) is 10.1. The van der Waals surface area contributed by atoms with Gasteiger partial charge in [0.15, 0.2) is 12.7 Å². The average molecular weight is 385 g/mol. The Morgan fingerprint density at radius 3 is 2.39 bits per heavy atom. The maximum Gasteiger partial charge on any atom is 0.347 e. The van der Waals surface area contributed by atoms with Crippen molar-refractivity contribution in [3.05, 3.63) is 59.7 Å². The van der Waals surface area contributed by atoms with Crippen molar-refractivity contribution in [2.75, 3.05) is 18.5 Å². The number of rotatable bonds is 8. The highest BCUT2D eigenvalue weighted by atomic mass is 16.6. The van der Waals surface area contributed by atoms with Crippen molar-refractivity contribution in [2.24, 2.45) is 0 Å². The Balaban J connectivity index is 1.79. The van der Waals surface area contributed by atoms with E-state index in [2.05, 4.69) is 5.32 Å². The highest BCUT2D eigenvalue weighted by molar-refractivity contribution is 5.94. The standard InChI is InChI=1S/C21H23NO6/c1-4-26-21(25)16-8-10-17(11-9-16)22-19(23)13-27-20(24)15(3)28-18-7-5-6-14(2)12-18/h5-12,15H,4,13H2,1-3H3,(H,22,23)/t15-/m1/s1. The predicted octanol–water partition coefficient (Wildman–Crippen LogP) is 3.12. The summed E-state index contributed by atoms with van der Waals surface area (Å²) in [7, 11) is 0. The average Bonchev–Trinajstić information content (AvgIpc) is 2.67. The van der Waals surface area contributed by atoms with Crippen molar-refractivity contribution in [1.82, 2.24) is 0 Å². The Labute approximate surface area is 163 Å². The molecule has 0 saturated carbocycles. The number of ether oxygens (including phenoxy) is 3. The van der Waals surface area contributed by atoms with Crippen molar-refractivity contribution in [2.45, 2.75) is 26.9 Å². The number of anilines is 1. The molecule has 2 rings (SSSR count). The molecule has 0 aliphatic rings. The molecule has 28 heavy (non-hydrogen) atoms. The van der Waals surface area contributed by atoms with Crippen LogP contribution in [0.3, 0.4) is 0 Å². The molecule has 0 heterocycles. The summed E-state index contributed by atoms with van der Waals surface area (Å²) in [5.41, 5.74) is 1.86. The molecule has 0 bridgehead atoms.